The van der Waals surface area contributed by atoms with Gasteiger partial charge in [0.2, 0.25) is 0 Å². The molecule has 0 aromatic heterocycles. The van der Waals surface area contributed by atoms with E-state index in [-0.39, 0.29) is 0 Å². The topological polar surface area (TPSA) is 9.23 Å². The van der Waals surface area contributed by atoms with Gasteiger partial charge in [-0.05, 0) is 35.2 Å². The molecule has 0 aliphatic heterocycles. The Bertz CT molecular complexity index is 520. The smallest absolute Gasteiger partial charge is 0.121 e. The maximum atomic E-state index is 6.11. The number of hydrogen-bond acceptors (Lipinski definition) is 1. The van der Waals surface area contributed by atoms with Crippen LogP contribution in [0.3, 0.4) is 0 Å². The zero-order valence-corrected chi connectivity index (χ0v) is 12.2. The number of benzene rings is 2. The van der Waals surface area contributed by atoms with Crippen LogP contribution in [0.5, 0.6) is 5.75 Å². The van der Waals surface area contributed by atoms with Gasteiger partial charge in [-0.25, -0.2) is 0 Å². The van der Waals surface area contributed by atoms with Crippen molar-refractivity contribution in [1.29, 1.82) is 0 Å². The van der Waals surface area contributed by atoms with Gasteiger partial charge in [-0.2, -0.15) is 0 Å². The summed E-state index contributed by atoms with van der Waals surface area (Å²) in [5, 5.41) is 0.737. The lowest BCUT2D eigenvalue weighted by Crippen LogP contribution is -2.02. The third kappa shape index (κ3) is 4.29. The second kappa shape index (κ2) is 6.63. The third-order valence-corrected chi connectivity index (χ3v) is 3.28. The minimum Gasteiger partial charge on any atom is -0.493 e. The molecule has 0 N–H and O–H groups in total. The van der Waals surface area contributed by atoms with Crippen LogP contribution in [0.15, 0.2) is 48.5 Å². The lowest BCUT2D eigenvalue weighted by Gasteiger charge is -2.11. The Morgan fingerprint density at radius 2 is 1.79 bits per heavy atom. The molecule has 0 bridgehead atoms. The summed E-state index contributed by atoms with van der Waals surface area (Å²) in [6.45, 7) is 4.97. The van der Waals surface area contributed by atoms with Crippen molar-refractivity contribution < 1.29 is 4.74 Å². The van der Waals surface area contributed by atoms with Crippen molar-refractivity contribution >= 4 is 11.6 Å². The summed E-state index contributed by atoms with van der Waals surface area (Å²) in [5.74, 6) is 1.31. The standard InChI is InChI=1S/C17H19ClO/c1-13(2)15-10-16(18)12-17(11-15)19-9-8-14-6-4-3-5-7-14/h3-7,10-13H,8-9H2,1-2H3. The molecule has 0 unspecified atom stereocenters. The first kappa shape index (κ1) is 14.0. The zero-order valence-electron chi connectivity index (χ0n) is 11.4. The van der Waals surface area contributed by atoms with E-state index in [1.807, 2.05) is 30.3 Å². The Hall–Kier alpha value is -1.47. The van der Waals surface area contributed by atoms with Gasteiger partial charge < -0.3 is 4.74 Å². The highest BCUT2D eigenvalue weighted by Crippen LogP contribution is 2.25. The minimum atomic E-state index is 0.454. The first-order chi connectivity index (χ1) is 9.15. The fourth-order valence-corrected chi connectivity index (χ4v) is 2.17. The molecule has 0 heterocycles. The molecule has 0 atom stereocenters. The lowest BCUT2D eigenvalue weighted by atomic mass is 10.0. The molecular weight excluding hydrogens is 256 g/mol. The van der Waals surface area contributed by atoms with E-state index in [9.17, 15) is 0 Å². The SMILES string of the molecule is CC(C)c1cc(Cl)cc(OCCc2ccccc2)c1. The van der Waals surface area contributed by atoms with Crippen LogP contribution in [0.25, 0.3) is 0 Å². The normalized spacial score (nSPS) is 10.7. The van der Waals surface area contributed by atoms with E-state index in [0.29, 0.717) is 12.5 Å². The fraction of sp³-hybridized carbons (Fsp3) is 0.294. The average molecular weight is 275 g/mol. The van der Waals surface area contributed by atoms with E-state index in [0.717, 1.165) is 17.2 Å². The highest BCUT2D eigenvalue weighted by Gasteiger charge is 2.04. The highest BCUT2D eigenvalue weighted by molar-refractivity contribution is 6.30. The molecule has 2 aromatic rings. The highest BCUT2D eigenvalue weighted by atomic mass is 35.5. The van der Waals surface area contributed by atoms with Crippen molar-refractivity contribution in [2.45, 2.75) is 26.2 Å². The Balaban J connectivity index is 1.96. The van der Waals surface area contributed by atoms with Gasteiger partial charge in [0, 0.05) is 11.4 Å². The molecule has 0 saturated heterocycles. The van der Waals surface area contributed by atoms with E-state index >= 15 is 0 Å². The van der Waals surface area contributed by atoms with Crippen molar-refractivity contribution in [2.75, 3.05) is 6.61 Å². The van der Waals surface area contributed by atoms with Gasteiger partial charge in [0.1, 0.15) is 5.75 Å². The summed E-state index contributed by atoms with van der Waals surface area (Å²) in [7, 11) is 0. The van der Waals surface area contributed by atoms with E-state index in [1.165, 1.54) is 11.1 Å². The van der Waals surface area contributed by atoms with Crippen LogP contribution >= 0.6 is 11.6 Å². The zero-order chi connectivity index (χ0) is 13.7. The number of rotatable bonds is 5. The van der Waals surface area contributed by atoms with Crippen LogP contribution in [0.2, 0.25) is 5.02 Å². The van der Waals surface area contributed by atoms with Crippen LogP contribution in [0.4, 0.5) is 0 Å². The van der Waals surface area contributed by atoms with Gasteiger partial charge in [0.25, 0.3) is 0 Å². The van der Waals surface area contributed by atoms with Gasteiger partial charge in [-0.15, -0.1) is 0 Å². The third-order valence-electron chi connectivity index (χ3n) is 3.06. The molecule has 0 radical (unpaired) electrons. The summed E-state index contributed by atoms with van der Waals surface area (Å²) in [6.07, 6.45) is 0.907. The van der Waals surface area contributed by atoms with E-state index in [4.69, 9.17) is 16.3 Å². The average Bonchev–Trinajstić information content (AvgIpc) is 2.39. The van der Waals surface area contributed by atoms with Crippen LogP contribution in [0.1, 0.15) is 30.9 Å². The molecule has 0 aliphatic rings. The maximum Gasteiger partial charge on any atom is 0.121 e. The number of hydrogen-bond donors (Lipinski definition) is 0. The van der Waals surface area contributed by atoms with Crippen molar-refractivity contribution in [2.24, 2.45) is 0 Å². The monoisotopic (exact) mass is 274 g/mol. The molecule has 0 fully saturated rings. The molecule has 2 aromatic carbocycles. The predicted octanol–water partition coefficient (Wildman–Crippen LogP) is 5.08. The van der Waals surface area contributed by atoms with Crippen molar-refractivity contribution in [3.8, 4) is 5.75 Å². The van der Waals surface area contributed by atoms with Gasteiger partial charge in [0.15, 0.2) is 0 Å². The molecule has 19 heavy (non-hydrogen) atoms. The first-order valence-corrected chi connectivity index (χ1v) is 7.00. The predicted molar refractivity (Wildman–Crippen MR) is 81.2 cm³/mol. The van der Waals surface area contributed by atoms with Gasteiger partial charge >= 0.3 is 0 Å². The Labute approximate surface area is 120 Å². The van der Waals surface area contributed by atoms with E-state index < -0.39 is 0 Å². The minimum absolute atomic E-state index is 0.454. The molecule has 0 amide bonds. The van der Waals surface area contributed by atoms with Gasteiger partial charge in [-0.1, -0.05) is 55.8 Å². The van der Waals surface area contributed by atoms with Crippen molar-refractivity contribution in [1.82, 2.24) is 0 Å². The maximum absolute atomic E-state index is 6.11. The van der Waals surface area contributed by atoms with E-state index in [2.05, 4.69) is 32.0 Å². The van der Waals surface area contributed by atoms with E-state index in [1.54, 1.807) is 0 Å². The molecule has 2 heteroatoms. The van der Waals surface area contributed by atoms with Crippen LogP contribution < -0.4 is 4.74 Å². The molecule has 1 nitrogen and oxygen atoms in total. The quantitative estimate of drug-likeness (QED) is 0.738. The van der Waals surface area contributed by atoms with Gasteiger partial charge in [-0.3, -0.25) is 0 Å². The second-order valence-corrected chi connectivity index (χ2v) is 5.40. The lowest BCUT2D eigenvalue weighted by molar-refractivity contribution is 0.321. The summed E-state index contributed by atoms with van der Waals surface area (Å²) < 4.78 is 5.80. The molecule has 0 spiro atoms. The van der Waals surface area contributed by atoms with Crippen LogP contribution in [0, 0.1) is 0 Å². The Kier molecular flexibility index (Phi) is 4.86. The van der Waals surface area contributed by atoms with Crippen molar-refractivity contribution in [3.63, 3.8) is 0 Å². The summed E-state index contributed by atoms with van der Waals surface area (Å²) in [6, 6.07) is 16.3. The molecule has 0 saturated carbocycles. The molecule has 2 rings (SSSR count). The number of halogens is 1. The van der Waals surface area contributed by atoms with Crippen LogP contribution in [-0.2, 0) is 6.42 Å². The summed E-state index contributed by atoms with van der Waals surface area (Å²) >= 11 is 6.11. The molecule has 0 aliphatic carbocycles. The second-order valence-electron chi connectivity index (χ2n) is 4.96. The first-order valence-electron chi connectivity index (χ1n) is 6.62. The Morgan fingerprint density at radius 1 is 1.05 bits per heavy atom. The largest absolute Gasteiger partial charge is 0.493 e. The number of ether oxygens (including phenoxy) is 1. The molecular formula is C17H19ClO. The van der Waals surface area contributed by atoms with Gasteiger partial charge in [0.05, 0.1) is 6.61 Å². The summed E-state index contributed by atoms with van der Waals surface area (Å²) in [4.78, 5) is 0. The fourth-order valence-electron chi connectivity index (χ4n) is 1.93. The summed E-state index contributed by atoms with van der Waals surface area (Å²) in [5.41, 5.74) is 2.50. The van der Waals surface area contributed by atoms with Crippen LogP contribution in [-0.4, -0.2) is 6.61 Å². The molecule has 100 valence electrons. The Morgan fingerprint density at radius 3 is 2.47 bits per heavy atom. The van der Waals surface area contributed by atoms with Crippen molar-refractivity contribution in [3.05, 3.63) is 64.7 Å².